The molecule has 1 aliphatic heterocycles. The number of halogens is 4. The SMILES string of the molecule is CCC1=NN(C(=O)c2cccc(Br)c2)[C@@](O)(C(F)(F)F)C1. The van der Waals surface area contributed by atoms with Gasteiger partial charge in [-0.05, 0) is 24.6 Å². The molecule has 1 aromatic rings. The molecular formula is C13H12BrF3N2O2. The molecule has 1 heterocycles. The van der Waals surface area contributed by atoms with E-state index in [1.807, 2.05) is 0 Å². The van der Waals surface area contributed by atoms with Gasteiger partial charge in [-0.15, -0.1) is 0 Å². The normalized spacial score (nSPS) is 22.4. The van der Waals surface area contributed by atoms with E-state index >= 15 is 0 Å². The van der Waals surface area contributed by atoms with E-state index in [0.29, 0.717) is 4.47 Å². The summed E-state index contributed by atoms with van der Waals surface area (Å²) in [7, 11) is 0. The maximum atomic E-state index is 13.1. The fourth-order valence-corrected chi connectivity index (χ4v) is 2.39. The van der Waals surface area contributed by atoms with Crippen molar-refractivity contribution in [2.45, 2.75) is 31.7 Å². The minimum absolute atomic E-state index is 0.00755. The largest absolute Gasteiger partial charge is 0.438 e. The van der Waals surface area contributed by atoms with Gasteiger partial charge in [0.05, 0.1) is 0 Å². The van der Waals surface area contributed by atoms with E-state index in [1.165, 1.54) is 18.2 Å². The molecule has 8 heteroatoms. The van der Waals surface area contributed by atoms with E-state index in [1.54, 1.807) is 13.0 Å². The summed E-state index contributed by atoms with van der Waals surface area (Å²) in [6.45, 7) is 1.61. The first-order valence-corrected chi connectivity index (χ1v) is 6.94. The Balaban J connectivity index is 2.43. The van der Waals surface area contributed by atoms with Gasteiger partial charge in [0, 0.05) is 22.2 Å². The van der Waals surface area contributed by atoms with Crippen molar-refractivity contribution < 1.29 is 23.1 Å². The first-order chi connectivity index (χ1) is 9.69. The number of hydrazone groups is 1. The Morgan fingerprint density at radius 1 is 1.52 bits per heavy atom. The average molecular weight is 365 g/mol. The number of hydrogen-bond donors (Lipinski definition) is 1. The highest BCUT2D eigenvalue weighted by Gasteiger charge is 2.63. The number of alkyl halides is 3. The van der Waals surface area contributed by atoms with Crippen LogP contribution in [0, 0.1) is 0 Å². The second-order valence-corrected chi connectivity index (χ2v) is 5.55. The van der Waals surface area contributed by atoms with Gasteiger partial charge in [0.15, 0.2) is 0 Å². The molecular weight excluding hydrogens is 353 g/mol. The van der Waals surface area contributed by atoms with Crippen molar-refractivity contribution in [1.29, 1.82) is 0 Å². The molecule has 0 aromatic heterocycles. The highest BCUT2D eigenvalue weighted by molar-refractivity contribution is 9.10. The Morgan fingerprint density at radius 2 is 2.19 bits per heavy atom. The molecule has 2 rings (SSSR count). The number of hydrogen-bond acceptors (Lipinski definition) is 3. The zero-order chi connectivity index (χ0) is 15.8. The summed E-state index contributed by atoms with van der Waals surface area (Å²) in [6, 6.07) is 5.89. The quantitative estimate of drug-likeness (QED) is 0.875. The van der Waals surface area contributed by atoms with Crippen LogP contribution in [0.5, 0.6) is 0 Å². The Morgan fingerprint density at radius 3 is 2.71 bits per heavy atom. The molecule has 1 atom stereocenters. The maximum absolute atomic E-state index is 13.1. The van der Waals surface area contributed by atoms with Crippen LogP contribution in [0.2, 0.25) is 0 Å². The number of carbonyl (C=O) groups is 1. The Labute approximate surface area is 127 Å². The van der Waals surface area contributed by atoms with Crippen LogP contribution in [0.4, 0.5) is 13.2 Å². The molecule has 0 unspecified atom stereocenters. The minimum Gasteiger partial charge on any atom is -0.362 e. The predicted octanol–water partition coefficient (Wildman–Crippen LogP) is 3.31. The Kier molecular flexibility index (Phi) is 4.12. The van der Waals surface area contributed by atoms with Crippen LogP contribution in [0.25, 0.3) is 0 Å². The predicted molar refractivity (Wildman–Crippen MR) is 73.7 cm³/mol. The van der Waals surface area contributed by atoms with Crippen molar-refractivity contribution in [3.8, 4) is 0 Å². The highest BCUT2D eigenvalue weighted by Crippen LogP contribution is 2.41. The van der Waals surface area contributed by atoms with E-state index in [0.717, 1.165) is 0 Å². The Hall–Kier alpha value is -1.41. The fourth-order valence-electron chi connectivity index (χ4n) is 1.99. The van der Waals surface area contributed by atoms with Crippen molar-refractivity contribution in [3.05, 3.63) is 34.3 Å². The highest BCUT2D eigenvalue weighted by atomic mass is 79.9. The molecule has 0 bridgehead atoms. The number of aliphatic hydroxyl groups is 1. The summed E-state index contributed by atoms with van der Waals surface area (Å²) in [6.07, 6.45) is -5.50. The van der Waals surface area contributed by atoms with Gasteiger partial charge in [0.2, 0.25) is 0 Å². The lowest BCUT2D eigenvalue weighted by Gasteiger charge is -2.32. The minimum atomic E-state index is -4.99. The molecule has 0 saturated carbocycles. The standard InChI is InChI=1S/C13H12BrF3N2O2/c1-2-10-7-12(21,13(15,16)17)19(18-10)11(20)8-4-3-5-9(14)6-8/h3-6,21H,2,7H2,1H3/t12-/m0/s1. The van der Waals surface area contributed by atoms with Gasteiger partial charge < -0.3 is 5.11 Å². The van der Waals surface area contributed by atoms with Gasteiger partial charge in [0.25, 0.3) is 11.6 Å². The summed E-state index contributed by atoms with van der Waals surface area (Å²) in [5.74, 6) is -1.00. The average Bonchev–Trinajstić information content (AvgIpc) is 2.76. The number of benzene rings is 1. The van der Waals surface area contributed by atoms with Gasteiger partial charge >= 0.3 is 6.18 Å². The second kappa shape index (κ2) is 5.42. The van der Waals surface area contributed by atoms with E-state index in [-0.39, 0.29) is 22.7 Å². The summed E-state index contributed by atoms with van der Waals surface area (Å²) in [5.41, 5.74) is -3.16. The summed E-state index contributed by atoms with van der Waals surface area (Å²) in [4.78, 5) is 12.3. The van der Waals surface area contributed by atoms with Crippen molar-refractivity contribution in [1.82, 2.24) is 5.01 Å². The zero-order valence-corrected chi connectivity index (χ0v) is 12.6. The molecule has 0 radical (unpaired) electrons. The van der Waals surface area contributed by atoms with Crippen LogP contribution in [0.1, 0.15) is 30.1 Å². The van der Waals surface area contributed by atoms with Gasteiger partial charge in [0.1, 0.15) is 0 Å². The number of rotatable bonds is 2. The number of nitrogens with zero attached hydrogens (tertiary/aromatic N) is 2. The van der Waals surface area contributed by atoms with Gasteiger partial charge in [-0.3, -0.25) is 4.79 Å². The van der Waals surface area contributed by atoms with E-state index < -0.39 is 24.2 Å². The molecule has 1 aromatic carbocycles. The van der Waals surface area contributed by atoms with Crippen LogP contribution in [-0.4, -0.2) is 33.6 Å². The molecule has 21 heavy (non-hydrogen) atoms. The lowest BCUT2D eigenvalue weighted by molar-refractivity contribution is -0.297. The molecule has 0 fully saturated rings. The Bertz CT molecular complexity index is 603. The maximum Gasteiger partial charge on any atom is 0.438 e. The van der Waals surface area contributed by atoms with Crippen LogP contribution in [-0.2, 0) is 0 Å². The monoisotopic (exact) mass is 364 g/mol. The van der Waals surface area contributed by atoms with Gasteiger partial charge in [-0.25, -0.2) is 0 Å². The van der Waals surface area contributed by atoms with Crippen LogP contribution in [0.3, 0.4) is 0 Å². The second-order valence-electron chi connectivity index (χ2n) is 4.64. The molecule has 0 aliphatic carbocycles. The smallest absolute Gasteiger partial charge is 0.362 e. The summed E-state index contributed by atoms with van der Waals surface area (Å²) >= 11 is 3.14. The fraction of sp³-hybridized carbons (Fsp3) is 0.385. The van der Waals surface area contributed by atoms with Crippen LogP contribution < -0.4 is 0 Å². The zero-order valence-electron chi connectivity index (χ0n) is 11.0. The molecule has 4 nitrogen and oxygen atoms in total. The summed E-state index contributed by atoms with van der Waals surface area (Å²) < 4.78 is 39.9. The third-order valence-corrected chi connectivity index (χ3v) is 3.66. The van der Waals surface area contributed by atoms with Gasteiger partial charge in [-0.1, -0.05) is 28.9 Å². The van der Waals surface area contributed by atoms with E-state index in [4.69, 9.17) is 0 Å². The van der Waals surface area contributed by atoms with E-state index in [9.17, 15) is 23.1 Å². The molecule has 1 amide bonds. The van der Waals surface area contributed by atoms with E-state index in [2.05, 4.69) is 21.0 Å². The number of amides is 1. The van der Waals surface area contributed by atoms with Crippen molar-refractivity contribution in [3.63, 3.8) is 0 Å². The van der Waals surface area contributed by atoms with Crippen molar-refractivity contribution in [2.75, 3.05) is 0 Å². The first kappa shape index (κ1) is 16.0. The van der Waals surface area contributed by atoms with Crippen molar-refractivity contribution >= 4 is 27.5 Å². The topological polar surface area (TPSA) is 52.9 Å². The van der Waals surface area contributed by atoms with Crippen molar-refractivity contribution in [2.24, 2.45) is 5.10 Å². The van der Waals surface area contributed by atoms with Gasteiger partial charge in [-0.2, -0.15) is 23.3 Å². The number of carbonyl (C=O) groups excluding carboxylic acids is 1. The lowest BCUT2D eigenvalue weighted by Crippen LogP contribution is -2.56. The first-order valence-electron chi connectivity index (χ1n) is 6.14. The summed E-state index contributed by atoms with van der Waals surface area (Å²) in [5, 5.41) is 13.7. The van der Waals surface area contributed by atoms with Crippen LogP contribution in [0.15, 0.2) is 33.8 Å². The third kappa shape index (κ3) is 2.82. The molecule has 114 valence electrons. The van der Waals surface area contributed by atoms with Crippen LogP contribution >= 0.6 is 15.9 Å². The molecule has 0 saturated heterocycles. The molecule has 1 N–H and O–H groups in total. The lowest BCUT2D eigenvalue weighted by atomic mass is 10.0. The third-order valence-electron chi connectivity index (χ3n) is 3.17. The molecule has 1 aliphatic rings. The molecule has 0 spiro atoms.